The van der Waals surface area contributed by atoms with Crippen molar-refractivity contribution in [3.05, 3.63) is 35.9 Å². The van der Waals surface area contributed by atoms with Gasteiger partial charge >= 0.3 is 0 Å². The molecule has 2 rings (SSSR count). The predicted molar refractivity (Wildman–Crippen MR) is 71.8 cm³/mol. The van der Waals surface area contributed by atoms with Crippen LogP contribution in [0.2, 0.25) is 0 Å². The highest BCUT2D eigenvalue weighted by molar-refractivity contribution is 6.05. The first kappa shape index (κ1) is 13.5. The number of rotatable bonds is 5. The molecule has 19 heavy (non-hydrogen) atoms. The molecule has 1 aliphatic rings. The number of carbonyl (C=O) groups excluding carboxylic acids is 1. The van der Waals surface area contributed by atoms with Crippen LogP contribution in [-0.4, -0.2) is 35.5 Å². The molecule has 1 aromatic rings. The van der Waals surface area contributed by atoms with Crippen molar-refractivity contribution in [2.75, 3.05) is 13.2 Å². The molecule has 1 aromatic carbocycles. The van der Waals surface area contributed by atoms with Crippen molar-refractivity contribution < 1.29 is 14.7 Å². The molecule has 0 radical (unpaired) electrons. The fraction of sp³-hybridized carbons (Fsp3) is 0.429. The summed E-state index contributed by atoms with van der Waals surface area (Å²) in [5.74, 6) is -0.198. The standard InChI is InChI=1S/C14H18N2O3/c1-14(13(18)15-8-5-9-17)10-12(16-19-14)11-6-3-2-4-7-11/h2-4,6-7,17H,5,8-10H2,1H3,(H,15,18). The fourth-order valence-corrected chi connectivity index (χ4v) is 1.91. The topological polar surface area (TPSA) is 70.9 Å². The third-order valence-corrected chi connectivity index (χ3v) is 3.07. The van der Waals surface area contributed by atoms with Gasteiger partial charge in [-0.1, -0.05) is 35.5 Å². The lowest BCUT2D eigenvalue weighted by Gasteiger charge is -2.20. The second-order valence-corrected chi connectivity index (χ2v) is 4.74. The van der Waals surface area contributed by atoms with E-state index in [4.69, 9.17) is 9.94 Å². The van der Waals surface area contributed by atoms with E-state index in [0.717, 1.165) is 11.3 Å². The van der Waals surface area contributed by atoms with E-state index in [1.165, 1.54) is 0 Å². The first-order valence-corrected chi connectivity index (χ1v) is 6.35. The van der Waals surface area contributed by atoms with Crippen molar-refractivity contribution in [1.82, 2.24) is 5.32 Å². The summed E-state index contributed by atoms with van der Waals surface area (Å²) in [5.41, 5.74) is 0.787. The van der Waals surface area contributed by atoms with Crippen LogP contribution in [-0.2, 0) is 9.63 Å². The van der Waals surface area contributed by atoms with Gasteiger partial charge in [-0.3, -0.25) is 4.79 Å². The fourth-order valence-electron chi connectivity index (χ4n) is 1.91. The van der Waals surface area contributed by atoms with Crippen LogP contribution >= 0.6 is 0 Å². The number of hydrogen-bond acceptors (Lipinski definition) is 4. The molecule has 0 fully saturated rings. The van der Waals surface area contributed by atoms with Gasteiger partial charge in [-0.25, -0.2) is 0 Å². The lowest BCUT2D eigenvalue weighted by atomic mass is 9.95. The monoisotopic (exact) mass is 262 g/mol. The van der Waals surface area contributed by atoms with Crippen LogP contribution in [0.15, 0.2) is 35.5 Å². The molecule has 1 heterocycles. The Labute approximate surface area is 112 Å². The molecular weight excluding hydrogens is 244 g/mol. The number of benzene rings is 1. The number of aliphatic hydroxyl groups excluding tert-OH is 1. The maximum absolute atomic E-state index is 12.0. The molecule has 1 atom stereocenters. The second kappa shape index (κ2) is 5.84. The first-order valence-electron chi connectivity index (χ1n) is 6.35. The molecule has 0 aromatic heterocycles. The van der Waals surface area contributed by atoms with Gasteiger partial charge < -0.3 is 15.3 Å². The molecular formula is C14H18N2O3. The van der Waals surface area contributed by atoms with Gasteiger partial charge in [-0.15, -0.1) is 0 Å². The highest BCUT2D eigenvalue weighted by atomic mass is 16.7. The largest absolute Gasteiger partial charge is 0.396 e. The molecule has 1 aliphatic heterocycles. The Morgan fingerprint density at radius 3 is 2.89 bits per heavy atom. The van der Waals surface area contributed by atoms with Crippen LogP contribution in [0.3, 0.4) is 0 Å². The second-order valence-electron chi connectivity index (χ2n) is 4.74. The van der Waals surface area contributed by atoms with E-state index >= 15 is 0 Å². The van der Waals surface area contributed by atoms with Crippen molar-refractivity contribution in [3.8, 4) is 0 Å². The summed E-state index contributed by atoms with van der Waals surface area (Å²) in [5, 5.41) is 15.4. The zero-order valence-corrected chi connectivity index (χ0v) is 10.9. The molecule has 0 aliphatic carbocycles. The van der Waals surface area contributed by atoms with Crippen molar-refractivity contribution in [1.29, 1.82) is 0 Å². The van der Waals surface area contributed by atoms with Crippen LogP contribution in [0.4, 0.5) is 0 Å². The minimum atomic E-state index is -0.958. The molecule has 5 heteroatoms. The van der Waals surface area contributed by atoms with E-state index in [1.54, 1.807) is 6.92 Å². The third-order valence-electron chi connectivity index (χ3n) is 3.07. The zero-order chi connectivity index (χ0) is 13.7. The van der Waals surface area contributed by atoms with Crippen LogP contribution < -0.4 is 5.32 Å². The Hall–Kier alpha value is -1.88. The average molecular weight is 262 g/mol. The number of nitrogens with one attached hydrogen (secondary N) is 1. The van der Waals surface area contributed by atoms with Crippen LogP contribution in [0, 0.1) is 0 Å². The van der Waals surface area contributed by atoms with Crippen LogP contribution in [0.25, 0.3) is 0 Å². The number of amides is 1. The van der Waals surface area contributed by atoms with E-state index in [9.17, 15) is 4.79 Å². The summed E-state index contributed by atoms with van der Waals surface area (Å²) >= 11 is 0. The number of oxime groups is 1. The van der Waals surface area contributed by atoms with Gasteiger partial charge in [0.2, 0.25) is 5.60 Å². The Morgan fingerprint density at radius 1 is 1.47 bits per heavy atom. The van der Waals surface area contributed by atoms with Crippen molar-refractivity contribution in [2.45, 2.75) is 25.4 Å². The minimum absolute atomic E-state index is 0.0591. The van der Waals surface area contributed by atoms with E-state index in [-0.39, 0.29) is 12.5 Å². The zero-order valence-electron chi connectivity index (χ0n) is 10.9. The smallest absolute Gasteiger partial charge is 0.267 e. The van der Waals surface area contributed by atoms with Gasteiger partial charge in [0.1, 0.15) is 0 Å². The Balaban J connectivity index is 1.97. The van der Waals surface area contributed by atoms with Gasteiger partial charge in [0.25, 0.3) is 5.91 Å². The lowest BCUT2D eigenvalue weighted by molar-refractivity contribution is -0.141. The summed E-state index contributed by atoms with van der Waals surface area (Å²) in [6, 6.07) is 9.67. The molecule has 1 amide bonds. The van der Waals surface area contributed by atoms with Gasteiger partial charge in [0.15, 0.2) is 0 Å². The number of aliphatic hydroxyl groups is 1. The van der Waals surface area contributed by atoms with Crippen LogP contribution in [0.5, 0.6) is 0 Å². The SMILES string of the molecule is CC1(C(=O)NCCCO)CC(c2ccccc2)=NO1. The van der Waals surface area contributed by atoms with Crippen molar-refractivity contribution in [3.63, 3.8) is 0 Å². The average Bonchev–Trinajstić information content (AvgIpc) is 2.84. The molecule has 0 spiro atoms. The van der Waals surface area contributed by atoms with E-state index in [0.29, 0.717) is 19.4 Å². The van der Waals surface area contributed by atoms with Gasteiger partial charge in [0, 0.05) is 19.6 Å². The number of carbonyl (C=O) groups is 1. The molecule has 2 N–H and O–H groups in total. The summed E-state index contributed by atoms with van der Waals surface area (Å²) in [6.45, 7) is 2.22. The molecule has 0 bridgehead atoms. The lowest BCUT2D eigenvalue weighted by Crippen LogP contribution is -2.45. The maximum atomic E-state index is 12.0. The summed E-state index contributed by atoms with van der Waals surface area (Å²) < 4.78 is 0. The summed E-state index contributed by atoms with van der Waals surface area (Å²) in [4.78, 5) is 17.3. The minimum Gasteiger partial charge on any atom is -0.396 e. The molecule has 102 valence electrons. The highest BCUT2D eigenvalue weighted by Crippen LogP contribution is 2.26. The first-order chi connectivity index (χ1) is 9.15. The Bertz CT molecular complexity index is 473. The maximum Gasteiger partial charge on any atom is 0.267 e. The van der Waals surface area contributed by atoms with E-state index in [2.05, 4.69) is 10.5 Å². The Kier molecular flexibility index (Phi) is 4.16. The number of hydrogen-bond donors (Lipinski definition) is 2. The number of nitrogens with zero attached hydrogens (tertiary/aromatic N) is 1. The molecule has 0 saturated heterocycles. The quantitative estimate of drug-likeness (QED) is 0.780. The third kappa shape index (κ3) is 3.12. The molecule has 0 saturated carbocycles. The Morgan fingerprint density at radius 2 is 2.21 bits per heavy atom. The summed E-state index contributed by atoms with van der Waals surface area (Å²) in [6.07, 6.45) is 0.982. The van der Waals surface area contributed by atoms with Crippen molar-refractivity contribution >= 4 is 11.6 Å². The van der Waals surface area contributed by atoms with Crippen molar-refractivity contribution in [2.24, 2.45) is 5.16 Å². The van der Waals surface area contributed by atoms with Gasteiger partial charge in [0.05, 0.1) is 5.71 Å². The molecule has 5 nitrogen and oxygen atoms in total. The van der Waals surface area contributed by atoms with Gasteiger partial charge in [-0.2, -0.15) is 0 Å². The van der Waals surface area contributed by atoms with Crippen LogP contribution in [0.1, 0.15) is 25.3 Å². The van der Waals surface area contributed by atoms with Gasteiger partial charge in [-0.05, 0) is 18.9 Å². The van der Waals surface area contributed by atoms with E-state index < -0.39 is 5.60 Å². The summed E-state index contributed by atoms with van der Waals surface area (Å²) in [7, 11) is 0. The predicted octanol–water partition coefficient (Wildman–Crippen LogP) is 1.07. The highest BCUT2D eigenvalue weighted by Gasteiger charge is 2.41. The molecule has 1 unspecified atom stereocenters. The normalized spacial score (nSPS) is 21.7. The van der Waals surface area contributed by atoms with E-state index in [1.807, 2.05) is 30.3 Å².